The van der Waals surface area contributed by atoms with Crippen molar-refractivity contribution in [1.29, 1.82) is 0 Å². The van der Waals surface area contributed by atoms with Crippen LogP contribution >= 0.6 is 11.6 Å². The van der Waals surface area contributed by atoms with Crippen LogP contribution < -0.4 is 10.2 Å². The number of aryl methyl sites for hydroxylation is 1. The maximum atomic E-state index is 13.2. The Morgan fingerprint density at radius 3 is 2.47 bits per heavy atom. The summed E-state index contributed by atoms with van der Waals surface area (Å²) in [7, 11) is 0. The molecule has 5 nitrogen and oxygen atoms in total. The van der Waals surface area contributed by atoms with E-state index in [1.807, 2.05) is 37.3 Å². The number of halogens is 1. The highest BCUT2D eigenvalue weighted by atomic mass is 35.5. The molecule has 4 rings (SSSR count). The third-order valence-electron chi connectivity index (χ3n) is 7.07. The third-order valence-corrected chi connectivity index (χ3v) is 7.46. The molecule has 2 fully saturated rings. The summed E-state index contributed by atoms with van der Waals surface area (Å²) in [6.45, 7) is 5.65. The molecule has 0 atom stereocenters. The van der Waals surface area contributed by atoms with Crippen LogP contribution in [0.4, 0.5) is 0 Å². The van der Waals surface area contributed by atoms with Crippen molar-refractivity contribution in [3.05, 3.63) is 52.3 Å². The minimum atomic E-state index is -0.0850. The summed E-state index contributed by atoms with van der Waals surface area (Å²) >= 11 is 6.61. The maximum Gasteiger partial charge on any atom is 0.256 e. The lowest BCUT2D eigenvalue weighted by atomic mass is 9.79. The van der Waals surface area contributed by atoms with Crippen LogP contribution in [-0.4, -0.2) is 40.9 Å². The second-order valence-corrected chi connectivity index (χ2v) is 9.44. The fraction of sp³-hybridized carbons (Fsp3) is 0.583. The molecule has 1 aromatic heterocycles. The summed E-state index contributed by atoms with van der Waals surface area (Å²) < 4.78 is 1.73. The molecule has 2 aliphatic rings. The summed E-state index contributed by atoms with van der Waals surface area (Å²) in [5.74, 6) is -0.0850. The van der Waals surface area contributed by atoms with Gasteiger partial charge < -0.3 is 10.2 Å². The maximum absolute atomic E-state index is 13.2. The third kappa shape index (κ3) is 4.57. The van der Waals surface area contributed by atoms with Crippen molar-refractivity contribution in [1.82, 2.24) is 15.1 Å². The molecule has 1 amide bonds. The summed E-state index contributed by atoms with van der Waals surface area (Å²) in [4.78, 5) is 14.9. The zero-order chi connectivity index (χ0) is 21.0. The number of carbonyl (C=O) groups excluding carboxylic acids is 1. The molecule has 1 aliphatic carbocycles. The fourth-order valence-corrected chi connectivity index (χ4v) is 5.72. The van der Waals surface area contributed by atoms with E-state index in [-0.39, 0.29) is 11.4 Å². The lowest BCUT2D eigenvalue weighted by molar-refractivity contribution is -0.957. The molecule has 1 aromatic carbocycles. The van der Waals surface area contributed by atoms with Gasteiger partial charge in [0, 0.05) is 12.8 Å². The highest BCUT2D eigenvalue weighted by Crippen LogP contribution is 2.27. The number of piperidine rings is 1. The number of nitrogens with zero attached hydrogens (tertiary/aromatic N) is 2. The van der Waals surface area contributed by atoms with Crippen molar-refractivity contribution >= 4 is 17.5 Å². The van der Waals surface area contributed by atoms with E-state index in [1.165, 1.54) is 64.5 Å². The average molecular weight is 430 g/mol. The van der Waals surface area contributed by atoms with Crippen molar-refractivity contribution < 1.29 is 9.69 Å². The molecule has 0 spiro atoms. The number of likely N-dealkylation sites (tertiary alicyclic amines) is 1. The summed E-state index contributed by atoms with van der Waals surface area (Å²) in [5.41, 5.74) is 2.52. The molecule has 6 heteroatoms. The van der Waals surface area contributed by atoms with Gasteiger partial charge in [0.05, 0.1) is 37.4 Å². The molecule has 2 N–H and O–H groups in total. The fourth-order valence-electron chi connectivity index (χ4n) is 5.40. The van der Waals surface area contributed by atoms with Crippen LogP contribution in [0.3, 0.4) is 0 Å². The monoisotopic (exact) mass is 429 g/mol. The van der Waals surface area contributed by atoms with E-state index in [4.69, 9.17) is 11.6 Å². The van der Waals surface area contributed by atoms with E-state index in [1.54, 1.807) is 9.58 Å². The average Bonchev–Trinajstić information content (AvgIpc) is 3.07. The van der Waals surface area contributed by atoms with Gasteiger partial charge in [-0.2, -0.15) is 5.10 Å². The predicted molar refractivity (Wildman–Crippen MR) is 120 cm³/mol. The number of hydrogen-bond donors (Lipinski definition) is 2. The van der Waals surface area contributed by atoms with E-state index in [2.05, 4.69) is 10.4 Å². The lowest BCUT2D eigenvalue weighted by Gasteiger charge is -2.45. The van der Waals surface area contributed by atoms with Gasteiger partial charge in [0.15, 0.2) is 0 Å². The molecular formula is C24H34ClN4O+. The normalized spacial score (nSPS) is 19.5. The number of hydrogen-bond acceptors (Lipinski definition) is 2. The lowest BCUT2D eigenvalue weighted by Crippen LogP contribution is -3.22. The topological polar surface area (TPSA) is 51.4 Å². The van der Waals surface area contributed by atoms with Crippen molar-refractivity contribution in [2.45, 2.75) is 70.4 Å². The SMILES string of the molecule is Cc1nn(Cc2ccccc2)c(Cl)c1C(=O)NCC1([NH+]2CCCCC2)CCCCC1. The first-order chi connectivity index (χ1) is 14.6. The van der Waals surface area contributed by atoms with E-state index < -0.39 is 0 Å². The standard InChI is InChI=1S/C24H33ClN4O/c1-19-21(22(25)29(27-19)17-20-11-5-2-6-12-20)23(30)26-18-24(13-7-3-8-14-24)28-15-9-4-10-16-28/h2,5-6,11-12H,3-4,7-10,13-18H2,1H3,(H,26,30)/p+1. The van der Waals surface area contributed by atoms with Crippen molar-refractivity contribution in [2.75, 3.05) is 19.6 Å². The highest BCUT2D eigenvalue weighted by molar-refractivity contribution is 6.33. The number of amides is 1. The largest absolute Gasteiger partial charge is 0.346 e. The number of rotatable bonds is 6. The molecule has 0 bridgehead atoms. The van der Waals surface area contributed by atoms with Gasteiger partial charge in [0.25, 0.3) is 5.91 Å². The van der Waals surface area contributed by atoms with Gasteiger partial charge in [0.1, 0.15) is 10.7 Å². The van der Waals surface area contributed by atoms with E-state index >= 15 is 0 Å². The van der Waals surface area contributed by atoms with Crippen molar-refractivity contribution in [3.63, 3.8) is 0 Å². The van der Waals surface area contributed by atoms with Crippen LogP contribution in [0.15, 0.2) is 30.3 Å². The molecule has 2 heterocycles. The minimum absolute atomic E-state index is 0.0850. The van der Waals surface area contributed by atoms with Crippen LogP contribution in [-0.2, 0) is 6.54 Å². The van der Waals surface area contributed by atoms with Gasteiger partial charge in [-0.25, -0.2) is 4.68 Å². The van der Waals surface area contributed by atoms with Crippen LogP contribution in [0, 0.1) is 6.92 Å². The van der Waals surface area contributed by atoms with Gasteiger partial charge in [-0.1, -0.05) is 48.4 Å². The summed E-state index contributed by atoms with van der Waals surface area (Å²) in [6.07, 6.45) is 10.2. The second kappa shape index (κ2) is 9.52. The van der Waals surface area contributed by atoms with Gasteiger partial charge in [-0.05, 0) is 44.6 Å². The molecule has 0 unspecified atom stereocenters. The number of nitrogens with one attached hydrogen (secondary N) is 2. The summed E-state index contributed by atoms with van der Waals surface area (Å²) in [5, 5.41) is 8.24. The Balaban J connectivity index is 1.47. The molecule has 1 saturated carbocycles. The molecular weight excluding hydrogens is 396 g/mol. The minimum Gasteiger partial charge on any atom is -0.346 e. The van der Waals surface area contributed by atoms with Gasteiger partial charge in [0.2, 0.25) is 0 Å². The Kier molecular flexibility index (Phi) is 6.79. The predicted octanol–water partition coefficient (Wildman–Crippen LogP) is 3.39. The zero-order valence-corrected chi connectivity index (χ0v) is 18.8. The molecule has 162 valence electrons. The van der Waals surface area contributed by atoms with Crippen molar-refractivity contribution in [3.8, 4) is 0 Å². The number of carbonyl (C=O) groups is 1. The Bertz CT molecular complexity index is 852. The summed E-state index contributed by atoms with van der Waals surface area (Å²) in [6, 6.07) is 10.1. The van der Waals surface area contributed by atoms with Gasteiger partial charge >= 0.3 is 0 Å². The quantitative estimate of drug-likeness (QED) is 0.739. The van der Waals surface area contributed by atoms with Gasteiger partial charge in [-0.3, -0.25) is 4.79 Å². The number of quaternary nitrogens is 1. The Hall–Kier alpha value is -1.85. The smallest absolute Gasteiger partial charge is 0.256 e. The van der Waals surface area contributed by atoms with E-state index in [0.717, 1.165) is 12.1 Å². The van der Waals surface area contributed by atoms with E-state index in [9.17, 15) is 4.79 Å². The highest BCUT2D eigenvalue weighted by Gasteiger charge is 2.42. The van der Waals surface area contributed by atoms with Crippen LogP contribution in [0.1, 0.15) is 73.0 Å². The number of benzene rings is 1. The number of aromatic nitrogens is 2. The van der Waals surface area contributed by atoms with Gasteiger partial charge in [-0.15, -0.1) is 0 Å². The second-order valence-electron chi connectivity index (χ2n) is 9.08. The Labute approximate surface area is 184 Å². The Morgan fingerprint density at radius 1 is 1.10 bits per heavy atom. The molecule has 2 aromatic rings. The van der Waals surface area contributed by atoms with E-state index in [0.29, 0.717) is 23.0 Å². The van der Waals surface area contributed by atoms with Crippen LogP contribution in [0.2, 0.25) is 5.15 Å². The van der Waals surface area contributed by atoms with Crippen molar-refractivity contribution in [2.24, 2.45) is 0 Å². The first-order valence-corrected chi connectivity index (χ1v) is 11.9. The first kappa shape index (κ1) is 21.4. The van der Waals surface area contributed by atoms with Crippen LogP contribution in [0.25, 0.3) is 0 Å². The van der Waals surface area contributed by atoms with Crippen LogP contribution in [0.5, 0.6) is 0 Å². The molecule has 1 aliphatic heterocycles. The Morgan fingerprint density at radius 2 is 1.77 bits per heavy atom. The molecule has 0 radical (unpaired) electrons. The molecule has 1 saturated heterocycles. The first-order valence-electron chi connectivity index (χ1n) is 11.5. The molecule has 30 heavy (non-hydrogen) atoms. The zero-order valence-electron chi connectivity index (χ0n) is 18.1.